The third-order valence-corrected chi connectivity index (χ3v) is 1.75. The predicted octanol–water partition coefficient (Wildman–Crippen LogP) is 0.594. The van der Waals surface area contributed by atoms with E-state index in [9.17, 15) is 4.79 Å². The van der Waals surface area contributed by atoms with Crippen molar-refractivity contribution in [3.05, 3.63) is 23.2 Å². The van der Waals surface area contributed by atoms with Gasteiger partial charge in [0.05, 0.1) is 0 Å². The summed E-state index contributed by atoms with van der Waals surface area (Å²) in [5.41, 5.74) is 0.317. The zero-order valence-corrected chi connectivity index (χ0v) is 6.61. The Labute approximate surface area is 69.5 Å². The predicted molar refractivity (Wildman–Crippen MR) is 41.7 cm³/mol. The Morgan fingerprint density at radius 3 is 2.58 bits per heavy atom. The standard InChI is InChI=1S/C8H10O4/c1-4(9)5-2-6(10)8(12)7(11)3-5/h2,7,10-12H,3H2,1H3/t7-/m1/s1. The smallest absolute Gasteiger partial charge is 0.163 e. The molecule has 0 saturated carbocycles. The molecule has 0 saturated heterocycles. The second-order valence-corrected chi connectivity index (χ2v) is 2.72. The number of ketones is 1. The summed E-state index contributed by atoms with van der Waals surface area (Å²) in [4.78, 5) is 10.8. The molecule has 0 amide bonds. The van der Waals surface area contributed by atoms with Gasteiger partial charge in [0.15, 0.2) is 17.3 Å². The number of hydrogen-bond donors (Lipinski definition) is 3. The molecular formula is C8H10O4. The Bertz CT molecular complexity index is 275. The molecule has 1 aliphatic carbocycles. The summed E-state index contributed by atoms with van der Waals surface area (Å²) in [5.74, 6) is -1.12. The van der Waals surface area contributed by atoms with Crippen LogP contribution in [0.3, 0.4) is 0 Å². The van der Waals surface area contributed by atoms with E-state index in [-0.39, 0.29) is 12.2 Å². The molecule has 3 N–H and O–H groups in total. The molecule has 0 bridgehead atoms. The molecule has 0 aromatic heterocycles. The average Bonchev–Trinajstić information content (AvgIpc) is 1.99. The number of aliphatic hydroxyl groups excluding tert-OH is 3. The van der Waals surface area contributed by atoms with E-state index in [0.29, 0.717) is 5.57 Å². The summed E-state index contributed by atoms with van der Waals surface area (Å²) >= 11 is 0. The van der Waals surface area contributed by atoms with Crippen molar-refractivity contribution in [2.24, 2.45) is 0 Å². The molecule has 0 heterocycles. The Morgan fingerprint density at radius 2 is 2.17 bits per heavy atom. The van der Waals surface area contributed by atoms with Gasteiger partial charge in [0, 0.05) is 12.0 Å². The van der Waals surface area contributed by atoms with Crippen LogP contribution in [-0.4, -0.2) is 27.2 Å². The van der Waals surface area contributed by atoms with E-state index in [0.717, 1.165) is 0 Å². The highest BCUT2D eigenvalue weighted by atomic mass is 16.3. The van der Waals surface area contributed by atoms with Crippen LogP contribution in [0.4, 0.5) is 0 Å². The average molecular weight is 170 g/mol. The van der Waals surface area contributed by atoms with Gasteiger partial charge < -0.3 is 15.3 Å². The van der Waals surface area contributed by atoms with Gasteiger partial charge in [-0.2, -0.15) is 0 Å². The van der Waals surface area contributed by atoms with Crippen LogP contribution in [0, 0.1) is 0 Å². The van der Waals surface area contributed by atoms with Crippen molar-refractivity contribution in [3.8, 4) is 0 Å². The van der Waals surface area contributed by atoms with Crippen LogP contribution >= 0.6 is 0 Å². The first kappa shape index (κ1) is 8.80. The van der Waals surface area contributed by atoms with Crippen LogP contribution in [0.15, 0.2) is 23.2 Å². The first-order valence-electron chi connectivity index (χ1n) is 3.54. The van der Waals surface area contributed by atoms with Crippen molar-refractivity contribution in [3.63, 3.8) is 0 Å². The van der Waals surface area contributed by atoms with Gasteiger partial charge in [-0.15, -0.1) is 0 Å². The minimum atomic E-state index is -1.16. The lowest BCUT2D eigenvalue weighted by molar-refractivity contribution is -0.114. The zero-order valence-electron chi connectivity index (χ0n) is 6.61. The van der Waals surface area contributed by atoms with Gasteiger partial charge in [-0.25, -0.2) is 0 Å². The van der Waals surface area contributed by atoms with Crippen LogP contribution in [-0.2, 0) is 4.79 Å². The van der Waals surface area contributed by atoms with Gasteiger partial charge in [0.2, 0.25) is 0 Å². The van der Waals surface area contributed by atoms with E-state index in [1.165, 1.54) is 13.0 Å². The fourth-order valence-electron chi connectivity index (χ4n) is 1.02. The molecule has 1 atom stereocenters. The van der Waals surface area contributed by atoms with E-state index in [1.54, 1.807) is 0 Å². The highest BCUT2D eigenvalue weighted by molar-refractivity contribution is 5.94. The molecule has 0 aliphatic heterocycles. The van der Waals surface area contributed by atoms with Gasteiger partial charge >= 0.3 is 0 Å². The van der Waals surface area contributed by atoms with Crippen LogP contribution < -0.4 is 0 Å². The van der Waals surface area contributed by atoms with E-state index < -0.39 is 17.6 Å². The molecule has 0 aromatic rings. The Morgan fingerprint density at radius 1 is 1.58 bits per heavy atom. The molecule has 4 heteroatoms. The topological polar surface area (TPSA) is 77.8 Å². The summed E-state index contributed by atoms with van der Waals surface area (Å²) < 4.78 is 0. The maximum atomic E-state index is 10.8. The molecule has 12 heavy (non-hydrogen) atoms. The second kappa shape index (κ2) is 2.98. The largest absolute Gasteiger partial charge is 0.506 e. The van der Waals surface area contributed by atoms with Crippen molar-refractivity contribution in [2.75, 3.05) is 0 Å². The summed E-state index contributed by atoms with van der Waals surface area (Å²) in [5, 5.41) is 27.1. The highest BCUT2D eigenvalue weighted by Crippen LogP contribution is 2.21. The molecule has 4 nitrogen and oxygen atoms in total. The minimum absolute atomic E-state index is 0.0607. The van der Waals surface area contributed by atoms with Gasteiger partial charge in [0.1, 0.15) is 6.10 Å². The van der Waals surface area contributed by atoms with Gasteiger partial charge in [-0.3, -0.25) is 4.79 Å². The van der Waals surface area contributed by atoms with Gasteiger partial charge in [-0.05, 0) is 13.0 Å². The number of hydrogen-bond acceptors (Lipinski definition) is 4. The van der Waals surface area contributed by atoms with Crippen molar-refractivity contribution in [1.82, 2.24) is 0 Å². The molecule has 0 spiro atoms. The zero-order chi connectivity index (χ0) is 9.30. The van der Waals surface area contributed by atoms with Gasteiger partial charge in [-0.1, -0.05) is 0 Å². The van der Waals surface area contributed by atoms with E-state index in [4.69, 9.17) is 15.3 Å². The van der Waals surface area contributed by atoms with Crippen molar-refractivity contribution < 1.29 is 20.1 Å². The lowest BCUT2D eigenvalue weighted by Gasteiger charge is -2.16. The molecular weight excluding hydrogens is 160 g/mol. The number of Topliss-reactive ketones (excluding diaryl/α,β-unsaturated/α-hetero) is 1. The van der Waals surface area contributed by atoms with E-state index in [2.05, 4.69) is 0 Å². The molecule has 0 radical (unpaired) electrons. The third kappa shape index (κ3) is 1.48. The van der Waals surface area contributed by atoms with Crippen molar-refractivity contribution in [2.45, 2.75) is 19.4 Å². The molecule has 0 fully saturated rings. The molecule has 1 aliphatic rings. The monoisotopic (exact) mass is 170 g/mol. The molecule has 1 rings (SSSR count). The third-order valence-electron chi connectivity index (χ3n) is 1.75. The number of carbonyl (C=O) groups is 1. The fraction of sp³-hybridized carbons (Fsp3) is 0.375. The van der Waals surface area contributed by atoms with Crippen molar-refractivity contribution in [1.29, 1.82) is 0 Å². The lowest BCUT2D eigenvalue weighted by atomic mass is 9.97. The Balaban J connectivity index is 2.98. The van der Waals surface area contributed by atoms with Crippen LogP contribution in [0.5, 0.6) is 0 Å². The molecule has 0 aromatic carbocycles. The van der Waals surface area contributed by atoms with Crippen LogP contribution in [0.25, 0.3) is 0 Å². The SMILES string of the molecule is CC(=O)C1=CC(O)=C(O)[C@H](O)C1. The first-order chi connectivity index (χ1) is 5.52. The summed E-state index contributed by atoms with van der Waals surface area (Å²) in [7, 11) is 0. The van der Waals surface area contributed by atoms with E-state index >= 15 is 0 Å². The summed E-state index contributed by atoms with van der Waals surface area (Å²) in [6.45, 7) is 1.34. The quantitative estimate of drug-likeness (QED) is 0.538. The number of allylic oxidation sites excluding steroid dienone is 1. The maximum absolute atomic E-state index is 10.8. The lowest BCUT2D eigenvalue weighted by Crippen LogP contribution is -2.19. The first-order valence-corrected chi connectivity index (χ1v) is 3.54. The highest BCUT2D eigenvalue weighted by Gasteiger charge is 2.22. The summed E-state index contributed by atoms with van der Waals surface area (Å²) in [6.07, 6.45) is 0.0733. The second-order valence-electron chi connectivity index (χ2n) is 2.72. The number of aliphatic hydroxyl groups is 3. The minimum Gasteiger partial charge on any atom is -0.506 e. The number of rotatable bonds is 1. The normalized spacial score (nSPS) is 23.8. The Hall–Kier alpha value is -1.29. The van der Waals surface area contributed by atoms with Crippen LogP contribution in [0.1, 0.15) is 13.3 Å². The fourth-order valence-corrected chi connectivity index (χ4v) is 1.02. The summed E-state index contributed by atoms with van der Waals surface area (Å²) in [6, 6.07) is 0. The molecule has 0 unspecified atom stereocenters. The van der Waals surface area contributed by atoms with E-state index in [1.807, 2.05) is 0 Å². The molecule has 66 valence electrons. The van der Waals surface area contributed by atoms with Gasteiger partial charge in [0.25, 0.3) is 0 Å². The maximum Gasteiger partial charge on any atom is 0.163 e. The van der Waals surface area contributed by atoms with Crippen LogP contribution in [0.2, 0.25) is 0 Å². The van der Waals surface area contributed by atoms with Crippen molar-refractivity contribution >= 4 is 5.78 Å². The number of carbonyl (C=O) groups excluding carboxylic acids is 1. The Kier molecular flexibility index (Phi) is 2.19.